The Morgan fingerprint density at radius 2 is 1.83 bits per heavy atom. The first-order valence-corrected chi connectivity index (χ1v) is 22.0. The number of morpholine rings is 1. The lowest BCUT2D eigenvalue weighted by atomic mass is 10.0. The van der Waals surface area contributed by atoms with Crippen molar-refractivity contribution < 1.29 is 32.7 Å². The van der Waals surface area contributed by atoms with E-state index < -0.39 is 30.0 Å². The Bertz CT molecular complexity index is 2900. The molecule has 2 N–H and O–H groups in total. The van der Waals surface area contributed by atoms with E-state index in [9.17, 15) is 32.8 Å². The number of halogens is 2. The van der Waals surface area contributed by atoms with Crippen LogP contribution < -0.4 is 26.1 Å². The summed E-state index contributed by atoms with van der Waals surface area (Å²) >= 11 is 0. The molecule has 4 aliphatic rings. The van der Waals surface area contributed by atoms with E-state index in [1.165, 1.54) is 30.7 Å². The molecule has 65 heavy (non-hydrogen) atoms. The van der Waals surface area contributed by atoms with Gasteiger partial charge in [-0.3, -0.25) is 38.3 Å². The fraction of sp³-hybridized carbons (Fsp3) is 0.422. The van der Waals surface area contributed by atoms with E-state index in [2.05, 4.69) is 30.6 Å². The maximum atomic E-state index is 14.3. The molecule has 0 radical (unpaired) electrons. The summed E-state index contributed by atoms with van der Waals surface area (Å²) in [5.74, 6) is -0.855. The molecule has 4 aliphatic heterocycles. The van der Waals surface area contributed by atoms with Crippen LogP contribution in [0.3, 0.4) is 0 Å². The number of nitrogens with one attached hydrogen (secondary N) is 2. The van der Waals surface area contributed by atoms with Gasteiger partial charge in [0.25, 0.3) is 18.2 Å². The van der Waals surface area contributed by atoms with Gasteiger partial charge in [0.1, 0.15) is 17.4 Å². The van der Waals surface area contributed by atoms with Crippen LogP contribution in [0.15, 0.2) is 71.9 Å². The van der Waals surface area contributed by atoms with Gasteiger partial charge in [-0.2, -0.15) is 10.2 Å². The van der Waals surface area contributed by atoms with Gasteiger partial charge in [-0.05, 0) is 80.5 Å². The molecule has 6 aromatic rings. The van der Waals surface area contributed by atoms with Crippen molar-refractivity contribution in [3.8, 4) is 0 Å². The first-order valence-electron chi connectivity index (χ1n) is 22.0. The largest absolute Gasteiger partial charge is 0.374 e. The molecule has 4 aromatic heterocycles. The molecule has 338 valence electrons. The van der Waals surface area contributed by atoms with Gasteiger partial charge in [0, 0.05) is 70.3 Å². The van der Waals surface area contributed by atoms with E-state index in [1.54, 1.807) is 37.3 Å². The van der Waals surface area contributed by atoms with Gasteiger partial charge < -0.3 is 24.8 Å². The van der Waals surface area contributed by atoms with Crippen LogP contribution in [-0.4, -0.2) is 114 Å². The molecule has 0 spiro atoms. The van der Waals surface area contributed by atoms with E-state index in [0.29, 0.717) is 74.5 Å². The number of hydrogen-bond donors (Lipinski definition) is 2. The summed E-state index contributed by atoms with van der Waals surface area (Å²) in [7, 11) is 3.43. The Morgan fingerprint density at radius 1 is 1.03 bits per heavy atom. The van der Waals surface area contributed by atoms with Crippen molar-refractivity contribution in [3.05, 3.63) is 100.0 Å². The Labute approximate surface area is 370 Å². The zero-order valence-electron chi connectivity index (χ0n) is 35.9. The van der Waals surface area contributed by atoms with Crippen LogP contribution in [0.25, 0.3) is 16.7 Å². The minimum atomic E-state index is -2.91. The van der Waals surface area contributed by atoms with Crippen molar-refractivity contribution in [1.29, 1.82) is 0 Å². The first-order chi connectivity index (χ1) is 31.4. The summed E-state index contributed by atoms with van der Waals surface area (Å²) < 4.78 is 40.4. The number of imide groups is 1. The van der Waals surface area contributed by atoms with E-state index >= 15 is 0 Å². The summed E-state index contributed by atoms with van der Waals surface area (Å²) in [5, 5.41) is 13.5. The number of amides is 4. The molecule has 0 saturated carbocycles. The second-order valence-electron chi connectivity index (χ2n) is 17.3. The lowest BCUT2D eigenvalue weighted by Gasteiger charge is -2.33. The number of carbonyl (C=O) groups is 4. The van der Waals surface area contributed by atoms with Crippen LogP contribution >= 0.6 is 0 Å². The van der Waals surface area contributed by atoms with Crippen molar-refractivity contribution >= 4 is 57.5 Å². The van der Waals surface area contributed by atoms with Gasteiger partial charge in [0.15, 0.2) is 11.3 Å². The molecule has 10 rings (SSSR count). The number of piperidine rings is 2. The molecule has 8 heterocycles. The maximum absolute atomic E-state index is 14.3. The minimum absolute atomic E-state index is 0.0619. The molecular weight excluding hydrogens is 843 g/mol. The highest BCUT2D eigenvalue weighted by molar-refractivity contribution is 6.08. The second kappa shape index (κ2) is 16.9. The highest BCUT2D eigenvalue weighted by Gasteiger charge is 2.40. The summed E-state index contributed by atoms with van der Waals surface area (Å²) in [6, 6.07) is 14.2. The predicted octanol–water partition coefficient (Wildman–Crippen LogP) is 4.27. The van der Waals surface area contributed by atoms with E-state index in [0.717, 1.165) is 29.7 Å². The number of nitrogens with zero attached hydrogens (tertiary/aromatic N) is 10. The van der Waals surface area contributed by atoms with Crippen LogP contribution in [0.1, 0.15) is 89.0 Å². The summed E-state index contributed by atoms with van der Waals surface area (Å²) in [4.78, 5) is 75.5. The van der Waals surface area contributed by atoms with Crippen LogP contribution in [-0.2, 0) is 27.8 Å². The molecule has 1 unspecified atom stereocenters. The number of hydrogen-bond acceptors (Lipinski definition) is 11. The number of fused-ring (bicyclic) bond motifs is 4. The number of imidazole rings is 1. The fourth-order valence-electron chi connectivity index (χ4n) is 9.88. The number of aryl methyl sites for hydroxylation is 2. The molecule has 2 bridgehead atoms. The number of ether oxygens (including phenoxy) is 1. The van der Waals surface area contributed by atoms with Gasteiger partial charge in [-0.25, -0.2) is 23.1 Å². The lowest BCUT2D eigenvalue weighted by Crippen LogP contribution is -2.44. The first kappa shape index (κ1) is 42.0. The standard InChI is InChI=1S/C45H48F2N12O6/c1-53(17-4-6-26-5-3-7-34-39(26)54(2)45(64)59(34)35-12-13-37(60)51-43(35)62)44(63)27-8-10-28(11-9-27)55-18-14-29(15-19-55)58-24-33(38(52-58)40(46)47)49-42(61)32-22-48-57-20-16-36(50-41(32)57)56-23-31-21-30(56)25-65-31/h3,5,7-11,16,20,22,24,29-31,35,40H,4,6,12-15,17-19,21,23,25H2,1-2H3,(H,49,61)(H,51,60,62)/t30-,31-,35?/m1/s1. The summed E-state index contributed by atoms with van der Waals surface area (Å²) in [6.07, 6.45) is 5.66. The topological polar surface area (TPSA) is 186 Å². The van der Waals surface area contributed by atoms with Crippen LogP contribution in [0, 0.1) is 0 Å². The van der Waals surface area contributed by atoms with Gasteiger partial charge >= 0.3 is 5.69 Å². The SMILES string of the molecule is CN(CCCc1cccc2c1n(C)c(=O)n2C1CCC(=O)NC1=O)C(=O)c1ccc(N2CCC(n3cc(NC(=O)c4cnn5ccc(N6C[C@H]7C[C@@H]6CO7)nc45)c(C(F)F)n3)CC2)cc1. The summed E-state index contributed by atoms with van der Waals surface area (Å²) in [6.45, 7) is 3.06. The summed E-state index contributed by atoms with van der Waals surface area (Å²) in [5.41, 5.74) is 3.34. The Hall–Kier alpha value is -6.96. The smallest absolute Gasteiger partial charge is 0.329 e. The van der Waals surface area contributed by atoms with Crippen LogP contribution in [0.5, 0.6) is 0 Å². The molecule has 20 heteroatoms. The molecule has 2 aromatic carbocycles. The van der Waals surface area contributed by atoms with E-state index in [4.69, 9.17) is 9.72 Å². The van der Waals surface area contributed by atoms with Gasteiger partial charge in [-0.15, -0.1) is 0 Å². The van der Waals surface area contributed by atoms with Crippen molar-refractivity contribution in [2.45, 2.75) is 75.6 Å². The predicted molar refractivity (Wildman–Crippen MR) is 234 cm³/mol. The van der Waals surface area contributed by atoms with E-state index in [-0.39, 0.29) is 59.8 Å². The third-order valence-electron chi connectivity index (χ3n) is 13.3. The zero-order chi connectivity index (χ0) is 45.1. The third-order valence-corrected chi connectivity index (χ3v) is 13.3. The number of benzene rings is 2. The number of para-hydroxylation sites is 1. The molecule has 3 atom stereocenters. The van der Waals surface area contributed by atoms with Gasteiger partial charge in [-0.1, -0.05) is 12.1 Å². The second-order valence-corrected chi connectivity index (χ2v) is 17.3. The fourth-order valence-corrected chi connectivity index (χ4v) is 9.88. The van der Waals surface area contributed by atoms with E-state index in [1.807, 2.05) is 36.4 Å². The molecule has 18 nitrogen and oxygen atoms in total. The van der Waals surface area contributed by atoms with Crippen molar-refractivity contribution in [2.24, 2.45) is 7.05 Å². The average Bonchev–Trinajstić information content (AvgIpc) is 4.16. The highest BCUT2D eigenvalue weighted by atomic mass is 19.3. The quantitative estimate of drug-likeness (QED) is 0.167. The van der Waals surface area contributed by atoms with Crippen LogP contribution in [0.4, 0.5) is 26.0 Å². The average molecular weight is 891 g/mol. The number of alkyl halides is 2. The van der Waals surface area contributed by atoms with Crippen molar-refractivity contribution in [2.75, 3.05) is 55.0 Å². The van der Waals surface area contributed by atoms with Crippen molar-refractivity contribution in [1.82, 2.24) is 43.7 Å². The Balaban J connectivity index is 0.739. The monoisotopic (exact) mass is 890 g/mol. The maximum Gasteiger partial charge on any atom is 0.329 e. The lowest BCUT2D eigenvalue weighted by molar-refractivity contribution is -0.135. The third kappa shape index (κ3) is 7.78. The number of anilines is 3. The zero-order valence-corrected chi connectivity index (χ0v) is 35.9. The number of carbonyl (C=O) groups excluding carboxylic acids is 4. The number of aromatic nitrogens is 7. The van der Waals surface area contributed by atoms with Gasteiger partial charge in [0.05, 0.1) is 47.7 Å². The Kier molecular flexibility index (Phi) is 10.9. The minimum Gasteiger partial charge on any atom is -0.374 e. The number of rotatable bonds is 12. The molecule has 0 aliphatic carbocycles. The van der Waals surface area contributed by atoms with Crippen molar-refractivity contribution in [3.63, 3.8) is 0 Å². The molecule has 4 fully saturated rings. The van der Waals surface area contributed by atoms with Gasteiger partial charge in [0.2, 0.25) is 11.8 Å². The highest BCUT2D eigenvalue weighted by Crippen LogP contribution is 2.34. The Morgan fingerprint density at radius 3 is 2.55 bits per heavy atom. The molecular formula is C45H48F2N12O6. The normalized spacial score (nSPS) is 20.1. The van der Waals surface area contributed by atoms with Crippen LogP contribution in [0.2, 0.25) is 0 Å². The molecule has 4 saturated heterocycles. The molecule has 4 amide bonds.